The molecule has 2 aromatic carbocycles. The predicted octanol–water partition coefficient (Wildman–Crippen LogP) is 2.15. The Morgan fingerprint density at radius 1 is 1.07 bits per heavy atom. The molecule has 156 valence electrons. The lowest BCUT2D eigenvalue weighted by Gasteiger charge is -2.28. The molecule has 4 rings (SSSR count). The van der Waals surface area contributed by atoms with Crippen molar-refractivity contribution in [2.45, 2.75) is 17.7 Å². The molecule has 0 aliphatic carbocycles. The number of fused-ring (bicyclic) bond motifs is 1. The lowest BCUT2D eigenvalue weighted by atomic mass is 10.2. The average Bonchev–Trinajstić information content (AvgIpc) is 3.15. The third-order valence-electron chi connectivity index (χ3n) is 4.70. The van der Waals surface area contributed by atoms with E-state index in [1.54, 1.807) is 18.2 Å². The number of nitrogens with zero attached hydrogens (tertiary/aromatic N) is 1. The van der Waals surface area contributed by atoms with Gasteiger partial charge in [-0.15, -0.1) is 0 Å². The minimum Gasteiger partial charge on any atom is -0.495 e. The summed E-state index contributed by atoms with van der Waals surface area (Å²) in [5.41, 5.74) is 0.573. The highest BCUT2D eigenvalue weighted by atomic mass is 32.2. The van der Waals surface area contributed by atoms with Gasteiger partial charge in [0.25, 0.3) is 10.0 Å². The van der Waals surface area contributed by atoms with Gasteiger partial charge in [0.15, 0.2) is 11.5 Å². The molecule has 0 amide bonds. The molecular weight excluding hydrogens is 420 g/mol. The van der Waals surface area contributed by atoms with Crippen molar-refractivity contribution in [1.82, 2.24) is 0 Å². The standard InChI is InChI=1S/C18H20N2O7S2/c1-25-16-7-5-14(20-8-2-3-9-28(20,21)22)11-18(16)29(23,24)19-13-4-6-15-17(10-13)27-12-26-15/h4-7,10-11,19H,2-3,8-9,12H2,1H3. The van der Waals surface area contributed by atoms with Crippen LogP contribution in [0.1, 0.15) is 12.8 Å². The van der Waals surface area contributed by atoms with Crippen molar-refractivity contribution in [3.63, 3.8) is 0 Å². The smallest absolute Gasteiger partial charge is 0.265 e. The van der Waals surface area contributed by atoms with E-state index in [1.165, 1.54) is 29.6 Å². The summed E-state index contributed by atoms with van der Waals surface area (Å²) in [6.45, 7) is 0.384. The molecule has 0 aromatic heterocycles. The van der Waals surface area contributed by atoms with E-state index in [0.29, 0.717) is 30.9 Å². The number of hydrogen-bond donors (Lipinski definition) is 1. The van der Waals surface area contributed by atoms with Crippen LogP contribution in [0.5, 0.6) is 17.2 Å². The first-order valence-corrected chi connectivity index (χ1v) is 12.0. The molecule has 1 fully saturated rings. The zero-order chi connectivity index (χ0) is 20.6. The lowest BCUT2D eigenvalue weighted by molar-refractivity contribution is 0.174. The van der Waals surface area contributed by atoms with E-state index in [1.807, 2.05) is 0 Å². The highest BCUT2D eigenvalue weighted by Crippen LogP contribution is 2.36. The lowest BCUT2D eigenvalue weighted by Crippen LogP contribution is -2.37. The van der Waals surface area contributed by atoms with Gasteiger partial charge in [-0.05, 0) is 43.2 Å². The number of rotatable bonds is 5. The first kappa shape index (κ1) is 19.6. The normalized spacial score (nSPS) is 17.8. The number of nitrogens with one attached hydrogen (secondary N) is 1. The molecule has 11 heteroatoms. The van der Waals surface area contributed by atoms with Crippen LogP contribution in [-0.2, 0) is 20.0 Å². The molecule has 2 aliphatic rings. The molecule has 0 radical (unpaired) electrons. The van der Waals surface area contributed by atoms with Crippen LogP contribution in [0.25, 0.3) is 0 Å². The molecule has 0 bridgehead atoms. The van der Waals surface area contributed by atoms with Crippen LogP contribution in [0.2, 0.25) is 0 Å². The average molecular weight is 440 g/mol. The van der Waals surface area contributed by atoms with Crippen molar-refractivity contribution in [2.75, 3.05) is 35.2 Å². The molecule has 1 N–H and O–H groups in total. The molecule has 0 atom stereocenters. The van der Waals surface area contributed by atoms with E-state index in [9.17, 15) is 16.8 Å². The molecule has 9 nitrogen and oxygen atoms in total. The maximum Gasteiger partial charge on any atom is 0.265 e. The number of sulfonamides is 2. The largest absolute Gasteiger partial charge is 0.495 e. The van der Waals surface area contributed by atoms with Gasteiger partial charge in [0.05, 0.1) is 24.2 Å². The number of methoxy groups -OCH3 is 1. The molecule has 2 aromatic rings. The van der Waals surface area contributed by atoms with Gasteiger partial charge in [0.1, 0.15) is 10.6 Å². The Hall–Kier alpha value is -2.66. The summed E-state index contributed by atoms with van der Waals surface area (Å²) in [6, 6.07) is 8.99. The Kier molecular flexibility index (Phi) is 4.95. The fraction of sp³-hybridized carbons (Fsp3) is 0.333. The van der Waals surface area contributed by atoms with Gasteiger partial charge in [0, 0.05) is 12.6 Å². The molecule has 2 aliphatic heterocycles. The Morgan fingerprint density at radius 3 is 2.62 bits per heavy atom. The maximum atomic E-state index is 13.0. The topological polar surface area (TPSA) is 111 Å². The van der Waals surface area contributed by atoms with E-state index >= 15 is 0 Å². The minimum absolute atomic E-state index is 0.0383. The maximum absolute atomic E-state index is 13.0. The van der Waals surface area contributed by atoms with E-state index in [4.69, 9.17) is 14.2 Å². The van der Waals surface area contributed by atoms with Gasteiger partial charge in [-0.3, -0.25) is 9.03 Å². The zero-order valence-electron chi connectivity index (χ0n) is 15.6. The van der Waals surface area contributed by atoms with Gasteiger partial charge < -0.3 is 14.2 Å². The molecule has 0 spiro atoms. The van der Waals surface area contributed by atoms with Gasteiger partial charge in [-0.1, -0.05) is 0 Å². The SMILES string of the molecule is COc1ccc(N2CCCCS2(=O)=O)cc1S(=O)(=O)Nc1ccc2c(c1)OCO2. The second-order valence-corrected chi connectivity index (χ2v) is 10.3. The van der Waals surface area contributed by atoms with Crippen LogP contribution < -0.4 is 23.2 Å². The van der Waals surface area contributed by atoms with Crippen LogP contribution in [-0.4, -0.2) is 43.0 Å². The van der Waals surface area contributed by atoms with Gasteiger partial charge >= 0.3 is 0 Å². The summed E-state index contributed by atoms with van der Waals surface area (Å²) in [4.78, 5) is -0.157. The highest BCUT2D eigenvalue weighted by Gasteiger charge is 2.29. The van der Waals surface area contributed by atoms with Crippen molar-refractivity contribution >= 4 is 31.4 Å². The molecule has 0 unspecified atom stereocenters. The summed E-state index contributed by atoms with van der Waals surface area (Å²) in [5, 5.41) is 0. The molecule has 0 saturated carbocycles. The monoisotopic (exact) mass is 440 g/mol. The number of benzene rings is 2. The Balaban J connectivity index is 1.70. The van der Waals surface area contributed by atoms with E-state index < -0.39 is 20.0 Å². The zero-order valence-corrected chi connectivity index (χ0v) is 17.3. The number of hydrogen-bond acceptors (Lipinski definition) is 7. The Bertz CT molecular complexity index is 1150. The quantitative estimate of drug-likeness (QED) is 0.758. The Morgan fingerprint density at radius 2 is 1.86 bits per heavy atom. The van der Waals surface area contributed by atoms with E-state index in [0.717, 1.165) is 0 Å². The number of anilines is 2. The highest BCUT2D eigenvalue weighted by molar-refractivity contribution is 7.93. The second-order valence-electron chi connectivity index (χ2n) is 6.60. The first-order chi connectivity index (χ1) is 13.8. The minimum atomic E-state index is -4.06. The Labute approximate surface area is 169 Å². The fourth-order valence-corrected chi connectivity index (χ4v) is 6.15. The molecular formula is C18H20N2O7S2. The van der Waals surface area contributed by atoms with Gasteiger partial charge in [-0.25, -0.2) is 16.8 Å². The van der Waals surface area contributed by atoms with Crippen LogP contribution in [0.15, 0.2) is 41.3 Å². The van der Waals surface area contributed by atoms with E-state index in [2.05, 4.69) is 4.72 Å². The van der Waals surface area contributed by atoms with Crippen molar-refractivity contribution in [1.29, 1.82) is 0 Å². The van der Waals surface area contributed by atoms with Crippen LogP contribution in [0.3, 0.4) is 0 Å². The third-order valence-corrected chi connectivity index (χ3v) is 7.97. The van der Waals surface area contributed by atoms with Crippen molar-refractivity contribution in [3.05, 3.63) is 36.4 Å². The summed E-state index contributed by atoms with van der Waals surface area (Å²) < 4.78 is 70.3. The van der Waals surface area contributed by atoms with Crippen molar-refractivity contribution in [2.24, 2.45) is 0 Å². The molecule has 2 heterocycles. The summed E-state index contributed by atoms with van der Waals surface area (Å²) in [7, 11) is -6.19. The second kappa shape index (κ2) is 7.30. The summed E-state index contributed by atoms with van der Waals surface area (Å²) in [5.74, 6) is 1.11. The van der Waals surface area contributed by atoms with Crippen molar-refractivity contribution < 1.29 is 31.0 Å². The van der Waals surface area contributed by atoms with Crippen LogP contribution in [0.4, 0.5) is 11.4 Å². The molecule has 1 saturated heterocycles. The van der Waals surface area contributed by atoms with Gasteiger partial charge in [-0.2, -0.15) is 0 Å². The van der Waals surface area contributed by atoms with E-state index in [-0.39, 0.29) is 34.6 Å². The van der Waals surface area contributed by atoms with Crippen LogP contribution in [0, 0.1) is 0 Å². The number of ether oxygens (including phenoxy) is 3. The van der Waals surface area contributed by atoms with Crippen molar-refractivity contribution in [3.8, 4) is 17.2 Å². The summed E-state index contributed by atoms with van der Waals surface area (Å²) >= 11 is 0. The first-order valence-electron chi connectivity index (χ1n) is 8.91. The fourth-order valence-electron chi connectivity index (χ4n) is 3.28. The molecule has 29 heavy (non-hydrogen) atoms. The summed E-state index contributed by atoms with van der Waals surface area (Å²) in [6.07, 6.45) is 1.30. The predicted molar refractivity (Wildman–Crippen MR) is 107 cm³/mol. The van der Waals surface area contributed by atoms with Crippen LogP contribution >= 0.6 is 0 Å². The third kappa shape index (κ3) is 3.79. The van der Waals surface area contributed by atoms with Gasteiger partial charge in [0.2, 0.25) is 16.8 Å².